The number of benzene rings is 1. The number of nitrogens with zero attached hydrogens (tertiary/aromatic N) is 6. The molecule has 0 spiro atoms. The molecule has 7 heteroatoms. The van der Waals surface area contributed by atoms with E-state index in [1.807, 2.05) is 6.92 Å². The van der Waals surface area contributed by atoms with E-state index in [0.717, 1.165) is 22.3 Å². The smallest absolute Gasteiger partial charge is 0.209 e. The Bertz CT molecular complexity index is 1050. The van der Waals surface area contributed by atoms with E-state index in [0.29, 0.717) is 18.0 Å². The molecule has 26 heavy (non-hydrogen) atoms. The fraction of sp³-hybridized carbons (Fsp3) is 0.316. The van der Waals surface area contributed by atoms with Crippen molar-refractivity contribution in [2.24, 2.45) is 0 Å². The predicted octanol–water partition coefficient (Wildman–Crippen LogP) is 3.60. The van der Waals surface area contributed by atoms with Crippen LogP contribution in [-0.2, 0) is 12.0 Å². The zero-order valence-corrected chi connectivity index (χ0v) is 15.4. The van der Waals surface area contributed by atoms with E-state index in [2.05, 4.69) is 75.4 Å². The van der Waals surface area contributed by atoms with Gasteiger partial charge in [-0.15, -0.1) is 10.2 Å². The minimum atomic E-state index is 0.107. The molecule has 0 atom stereocenters. The van der Waals surface area contributed by atoms with Crippen molar-refractivity contribution in [3.05, 3.63) is 42.2 Å². The lowest BCUT2D eigenvalue weighted by atomic mass is 9.86. The van der Waals surface area contributed by atoms with Crippen LogP contribution in [0.25, 0.3) is 33.8 Å². The monoisotopic (exact) mass is 347 g/mol. The molecule has 0 aliphatic rings. The first-order chi connectivity index (χ1) is 12.5. The average Bonchev–Trinajstić information content (AvgIpc) is 3.25. The average molecular weight is 347 g/mol. The Balaban J connectivity index is 1.91. The zero-order valence-electron chi connectivity index (χ0n) is 15.4. The molecule has 3 heterocycles. The first-order valence-corrected chi connectivity index (χ1v) is 8.69. The Morgan fingerprint density at radius 1 is 1.04 bits per heavy atom. The quantitative estimate of drug-likeness (QED) is 0.612. The van der Waals surface area contributed by atoms with Gasteiger partial charge in [0.2, 0.25) is 5.82 Å². The Hall–Kier alpha value is -3.09. The van der Waals surface area contributed by atoms with Crippen LogP contribution < -0.4 is 0 Å². The minimum Gasteiger partial charge on any atom is -0.337 e. The molecule has 0 radical (unpaired) electrons. The van der Waals surface area contributed by atoms with Gasteiger partial charge in [-0.2, -0.15) is 4.80 Å². The Kier molecular flexibility index (Phi) is 3.79. The van der Waals surface area contributed by atoms with Gasteiger partial charge in [0.1, 0.15) is 5.52 Å². The number of hydrogen-bond acceptors (Lipinski definition) is 5. The molecule has 1 aromatic carbocycles. The maximum Gasteiger partial charge on any atom is 0.209 e. The first kappa shape index (κ1) is 16.4. The lowest BCUT2D eigenvalue weighted by Gasteiger charge is -2.19. The number of nitrogens with one attached hydrogen (secondary N) is 1. The Morgan fingerprint density at radius 3 is 2.42 bits per heavy atom. The second-order valence-corrected chi connectivity index (χ2v) is 7.26. The number of aromatic amines is 1. The number of rotatable bonds is 3. The van der Waals surface area contributed by atoms with Crippen LogP contribution in [0.5, 0.6) is 0 Å². The van der Waals surface area contributed by atoms with Gasteiger partial charge in [0, 0.05) is 12.4 Å². The van der Waals surface area contributed by atoms with Crippen LogP contribution in [-0.4, -0.2) is 35.2 Å². The predicted molar refractivity (Wildman–Crippen MR) is 101 cm³/mol. The highest BCUT2D eigenvalue weighted by atomic mass is 15.6. The second-order valence-electron chi connectivity index (χ2n) is 7.26. The van der Waals surface area contributed by atoms with E-state index in [-0.39, 0.29) is 5.41 Å². The minimum absolute atomic E-state index is 0.107. The van der Waals surface area contributed by atoms with Crippen molar-refractivity contribution in [2.75, 3.05) is 0 Å². The SMILES string of the molecule is CCn1nnc(-c2c(-c3ccc(C(C)(C)C)cc3)[nH]c3nccnc23)n1. The van der Waals surface area contributed by atoms with Gasteiger partial charge in [0.15, 0.2) is 5.65 Å². The fourth-order valence-corrected chi connectivity index (χ4v) is 2.96. The van der Waals surface area contributed by atoms with Crippen LogP contribution in [0.15, 0.2) is 36.7 Å². The van der Waals surface area contributed by atoms with Crippen molar-refractivity contribution in [1.29, 1.82) is 0 Å². The summed E-state index contributed by atoms with van der Waals surface area (Å²) in [5.74, 6) is 0.550. The third-order valence-electron chi connectivity index (χ3n) is 4.43. The third-order valence-corrected chi connectivity index (χ3v) is 4.43. The van der Waals surface area contributed by atoms with Crippen LogP contribution in [0.1, 0.15) is 33.3 Å². The van der Waals surface area contributed by atoms with E-state index in [4.69, 9.17) is 0 Å². The molecule has 0 saturated carbocycles. The van der Waals surface area contributed by atoms with Gasteiger partial charge < -0.3 is 4.98 Å². The summed E-state index contributed by atoms with van der Waals surface area (Å²) in [5, 5.41) is 12.8. The molecule has 0 amide bonds. The second kappa shape index (κ2) is 6.01. The summed E-state index contributed by atoms with van der Waals surface area (Å²) in [6, 6.07) is 8.53. The van der Waals surface area contributed by atoms with Crippen LogP contribution >= 0.6 is 0 Å². The molecule has 0 saturated heterocycles. The molecular formula is C19H21N7. The van der Waals surface area contributed by atoms with Crippen molar-refractivity contribution < 1.29 is 0 Å². The van der Waals surface area contributed by atoms with Crippen LogP contribution in [0, 0.1) is 0 Å². The molecule has 0 unspecified atom stereocenters. The molecule has 0 fully saturated rings. The van der Waals surface area contributed by atoms with Gasteiger partial charge in [0.05, 0.1) is 17.8 Å². The normalized spacial score (nSPS) is 12.0. The van der Waals surface area contributed by atoms with Crippen molar-refractivity contribution in [3.8, 4) is 22.6 Å². The van der Waals surface area contributed by atoms with Gasteiger partial charge in [-0.3, -0.25) is 4.98 Å². The molecule has 0 aliphatic heterocycles. The number of hydrogen-bond donors (Lipinski definition) is 1. The van der Waals surface area contributed by atoms with E-state index >= 15 is 0 Å². The largest absolute Gasteiger partial charge is 0.337 e. The van der Waals surface area contributed by atoms with E-state index in [1.54, 1.807) is 17.2 Å². The fourth-order valence-electron chi connectivity index (χ4n) is 2.96. The van der Waals surface area contributed by atoms with Gasteiger partial charge in [-0.05, 0) is 28.7 Å². The topological polar surface area (TPSA) is 85.2 Å². The van der Waals surface area contributed by atoms with Gasteiger partial charge >= 0.3 is 0 Å². The standard InChI is InChI=1S/C19H21N7/c1-5-26-24-17(23-25-26)14-15(22-18-16(14)20-10-11-21-18)12-6-8-13(9-7-12)19(2,3)4/h6-11H,5H2,1-4H3,(H,21,22). The summed E-state index contributed by atoms with van der Waals surface area (Å²) in [5.41, 5.74) is 5.63. The molecule has 0 aliphatic carbocycles. The Morgan fingerprint density at radius 2 is 1.77 bits per heavy atom. The lowest BCUT2D eigenvalue weighted by Crippen LogP contribution is -2.10. The molecular weight excluding hydrogens is 326 g/mol. The van der Waals surface area contributed by atoms with Gasteiger partial charge in [0.25, 0.3) is 0 Å². The highest BCUT2D eigenvalue weighted by molar-refractivity contribution is 5.98. The lowest BCUT2D eigenvalue weighted by molar-refractivity contribution is 0.553. The van der Waals surface area contributed by atoms with E-state index in [1.165, 1.54) is 5.56 Å². The number of H-pyrrole nitrogens is 1. The highest BCUT2D eigenvalue weighted by Crippen LogP contribution is 2.35. The van der Waals surface area contributed by atoms with Crippen molar-refractivity contribution >= 4 is 11.2 Å². The third kappa shape index (κ3) is 2.75. The summed E-state index contributed by atoms with van der Waals surface area (Å²) in [7, 11) is 0. The number of aromatic nitrogens is 7. The summed E-state index contributed by atoms with van der Waals surface area (Å²) in [6.07, 6.45) is 3.35. The summed E-state index contributed by atoms with van der Waals surface area (Å²) in [4.78, 5) is 13.8. The molecule has 7 nitrogen and oxygen atoms in total. The van der Waals surface area contributed by atoms with Crippen LogP contribution in [0.4, 0.5) is 0 Å². The van der Waals surface area contributed by atoms with Crippen molar-refractivity contribution in [2.45, 2.75) is 39.7 Å². The number of tetrazole rings is 1. The maximum atomic E-state index is 4.48. The van der Waals surface area contributed by atoms with Crippen LogP contribution in [0.2, 0.25) is 0 Å². The van der Waals surface area contributed by atoms with Crippen molar-refractivity contribution in [3.63, 3.8) is 0 Å². The molecule has 1 N–H and O–H groups in total. The van der Waals surface area contributed by atoms with E-state index in [9.17, 15) is 0 Å². The molecule has 132 valence electrons. The first-order valence-electron chi connectivity index (χ1n) is 8.69. The summed E-state index contributed by atoms with van der Waals surface area (Å²) in [6.45, 7) is 9.26. The number of fused-ring (bicyclic) bond motifs is 1. The number of aryl methyl sites for hydroxylation is 1. The molecule has 4 rings (SSSR count). The van der Waals surface area contributed by atoms with E-state index < -0.39 is 0 Å². The summed E-state index contributed by atoms with van der Waals surface area (Å²) < 4.78 is 0. The molecule has 4 aromatic rings. The van der Waals surface area contributed by atoms with Crippen molar-refractivity contribution in [1.82, 2.24) is 35.2 Å². The zero-order chi connectivity index (χ0) is 18.3. The van der Waals surface area contributed by atoms with Gasteiger partial charge in [-0.1, -0.05) is 45.0 Å². The molecule has 0 bridgehead atoms. The maximum absolute atomic E-state index is 4.48. The highest BCUT2D eigenvalue weighted by Gasteiger charge is 2.21. The Labute approximate surface area is 151 Å². The van der Waals surface area contributed by atoms with Crippen LogP contribution in [0.3, 0.4) is 0 Å². The summed E-state index contributed by atoms with van der Waals surface area (Å²) >= 11 is 0. The molecule has 3 aromatic heterocycles. The van der Waals surface area contributed by atoms with Gasteiger partial charge in [-0.25, -0.2) is 4.98 Å².